The van der Waals surface area contributed by atoms with Crippen LogP contribution in [0.15, 0.2) is 36.5 Å². The van der Waals surface area contributed by atoms with Crippen LogP contribution in [0.25, 0.3) is 11.1 Å². The predicted molar refractivity (Wildman–Crippen MR) is 108 cm³/mol. The normalized spacial score (nSPS) is 21.2. The number of aromatic nitrogens is 1. The second-order valence-electron chi connectivity index (χ2n) is 7.95. The summed E-state index contributed by atoms with van der Waals surface area (Å²) in [7, 11) is 0. The van der Waals surface area contributed by atoms with Gasteiger partial charge < -0.3 is 15.2 Å². The molecule has 2 N–H and O–H groups in total. The first kappa shape index (κ1) is 19.4. The maximum absolute atomic E-state index is 12.8. The van der Waals surface area contributed by atoms with Crippen molar-refractivity contribution in [3.63, 3.8) is 0 Å². The van der Waals surface area contributed by atoms with E-state index in [0.717, 1.165) is 30.4 Å². The molecule has 0 spiro atoms. The lowest BCUT2D eigenvalue weighted by molar-refractivity contribution is 0.0717. The SMILES string of the molecule is N#Cc1ccc(-c2cc(C(=O)N[C@@H]3CCCC[C@H]3O)cnc2OCC2CC2)cc1. The Morgan fingerprint density at radius 2 is 1.97 bits per heavy atom. The minimum absolute atomic E-state index is 0.222. The van der Waals surface area contributed by atoms with Crippen LogP contribution in [-0.2, 0) is 0 Å². The van der Waals surface area contributed by atoms with Crippen molar-refractivity contribution in [3.05, 3.63) is 47.7 Å². The van der Waals surface area contributed by atoms with Crippen LogP contribution in [0.3, 0.4) is 0 Å². The molecule has 2 aromatic rings. The van der Waals surface area contributed by atoms with Gasteiger partial charge in [0.15, 0.2) is 0 Å². The van der Waals surface area contributed by atoms with Gasteiger partial charge in [-0.3, -0.25) is 4.79 Å². The largest absolute Gasteiger partial charge is 0.477 e. The van der Waals surface area contributed by atoms with Crippen LogP contribution in [0.1, 0.15) is 54.4 Å². The molecule has 29 heavy (non-hydrogen) atoms. The molecule has 0 bridgehead atoms. The lowest BCUT2D eigenvalue weighted by atomic mass is 9.92. The van der Waals surface area contributed by atoms with E-state index in [-0.39, 0.29) is 11.9 Å². The maximum atomic E-state index is 12.8. The Labute approximate surface area is 170 Å². The molecular weight excluding hydrogens is 366 g/mol. The molecule has 4 rings (SSSR count). The van der Waals surface area contributed by atoms with Crippen molar-refractivity contribution in [3.8, 4) is 23.1 Å². The zero-order valence-corrected chi connectivity index (χ0v) is 16.3. The number of carbonyl (C=O) groups is 1. The first-order chi connectivity index (χ1) is 14.1. The van der Waals surface area contributed by atoms with E-state index in [4.69, 9.17) is 10.00 Å². The third-order valence-electron chi connectivity index (χ3n) is 5.64. The van der Waals surface area contributed by atoms with Gasteiger partial charge >= 0.3 is 0 Å². The van der Waals surface area contributed by atoms with Crippen LogP contribution in [0.2, 0.25) is 0 Å². The van der Waals surface area contributed by atoms with Crippen LogP contribution in [-0.4, -0.2) is 34.8 Å². The van der Waals surface area contributed by atoms with Gasteiger partial charge in [-0.15, -0.1) is 0 Å². The molecule has 0 aliphatic heterocycles. The number of nitrogens with zero attached hydrogens (tertiary/aromatic N) is 2. The van der Waals surface area contributed by atoms with Crippen LogP contribution >= 0.6 is 0 Å². The van der Waals surface area contributed by atoms with Gasteiger partial charge in [0.2, 0.25) is 5.88 Å². The summed E-state index contributed by atoms with van der Waals surface area (Å²) in [5.41, 5.74) is 2.57. The zero-order chi connectivity index (χ0) is 20.2. The number of benzene rings is 1. The molecule has 1 aromatic carbocycles. The lowest BCUT2D eigenvalue weighted by Gasteiger charge is -2.28. The van der Waals surface area contributed by atoms with Gasteiger partial charge in [0.25, 0.3) is 5.91 Å². The Morgan fingerprint density at radius 3 is 2.66 bits per heavy atom. The molecule has 2 aliphatic rings. The highest BCUT2D eigenvalue weighted by molar-refractivity contribution is 5.95. The van der Waals surface area contributed by atoms with Crippen molar-refractivity contribution >= 4 is 5.91 Å². The summed E-state index contributed by atoms with van der Waals surface area (Å²) < 4.78 is 5.93. The van der Waals surface area contributed by atoms with Gasteiger partial charge in [0.05, 0.1) is 35.9 Å². The van der Waals surface area contributed by atoms with E-state index in [1.165, 1.54) is 19.0 Å². The quantitative estimate of drug-likeness (QED) is 0.786. The van der Waals surface area contributed by atoms with E-state index in [2.05, 4.69) is 16.4 Å². The second kappa shape index (κ2) is 8.62. The number of nitrogens with one attached hydrogen (secondary N) is 1. The van der Waals surface area contributed by atoms with E-state index in [1.807, 2.05) is 12.1 Å². The molecule has 2 aliphatic carbocycles. The monoisotopic (exact) mass is 391 g/mol. The van der Waals surface area contributed by atoms with Gasteiger partial charge in [-0.25, -0.2) is 4.98 Å². The second-order valence-corrected chi connectivity index (χ2v) is 7.95. The number of aliphatic hydroxyl groups excluding tert-OH is 1. The molecule has 2 atom stereocenters. The number of nitriles is 1. The minimum atomic E-state index is -0.500. The average Bonchev–Trinajstić information content (AvgIpc) is 3.58. The number of amides is 1. The highest BCUT2D eigenvalue weighted by Crippen LogP contribution is 2.33. The van der Waals surface area contributed by atoms with Crippen molar-refractivity contribution in [1.82, 2.24) is 10.3 Å². The molecule has 2 saturated carbocycles. The predicted octanol–water partition coefficient (Wildman–Crippen LogP) is 3.44. The third kappa shape index (κ3) is 4.75. The molecule has 6 nitrogen and oxygen atoms in total. The Bertz CT molecular complexity index is 916. The smallest absolute Gasteiger partial charge is 0.253 e. The minimum Gasteiger partial charge on any atom is -0.477 e. The fraction of sp³-hybridized carbons (Fsp3) is 0.435. The van der Waals surface area contributed by atoms with Gasteiger partial charge in [-0.05, 0) is 55.4 Å². The van der Waals surface area contributed by atoms with Gasteiger partial charge in [0.1, 0.15) is 0 Å². The molecule has 6 heteroatoms. The number of aliphatic hydroxyl groups is 1. The van der Waals surface area contributed by atoms with Crippen LogP contribution in [0.4, 0.5) is 0 Å². The Kier molecular flexibility index (Phi) is 5.77. The molecular formula is C23H25N3O3. The molecule has 0 radical (unpaired) electrons. The number of hydrogen-bond acceptors (Lipinski definition) is 5. The van der Waals surface area contributed by atoms with Gasteiger partial charge in [0, 0.05) is 11.8 Å². The van der Waals surface area contributed by atoms with Crippen molar-refractivity contribution in [2.75, 3.05) is 6.61 Å². The molecule has 1 amide bonds. The van der Waals surface area contributed by atoms with Crippen molar-refractivity contribution < 1.29 is 14.6 Å². The van der Waals surface area contributed by atoms with Crippen molar-refractivity contribution in [1.29, 1.82) is 5.26 Å². The van der Waals surface area contributed by atoms with Gasteiger partial charge in [-0.2, -0.15) is 5.26 Å². The summed E-state index contributed by atoms with van der Waals surface area (Å²) in [5.74, 6) is 0.837. The fourth-order valence-electron chi connectivity index (χ4n) is 3.64. The summed E-state index contributed by atoms with van der Waals surface area (Å²) in [5, 5.41) is 22.1. The number of rotatable bonds is 6. The van der Waals surface area contributed by atoms with Crippen molar-refractivity contribution in [2.45, 2.75) is 50.7 Å². The van der Waals surface area contributed by atoms with E-state index >= 15 is 0 Å². The van der Waals surface area contributed by atoms with E-state index in [0.29, 0.717) is 36.0 Å². The molecule has 1 aromatic heterocycles. The highest BCUT2D eigenvalue weighted by Gasteiger charge is 2.26. The summed E-state index contributed by atoms with van der Waals surface area (Å²) in [6.07, 6.45) is 6.88. The lowest BCUT2D eigenvalue weighted by Crippen LogP contribution is -2.45. The van der Waals surface area contributed by atoms with E-state index in [1.54, 1.807) is 18.2 Å². The Morgan fingerprint density at radius 1 is 1.21 bits per heavy atom. The highest BCUT2D eigenvalue weighted by atomic mass is 16.5. The fourth-order valence-corrected chi connectivity index (χ4v) is 3.64. The van der Waals surface area contributed by atoms with Crippen molar-refractivity contribution in [2.24, 2.45) is 5.92 Å². The summed E-state index contributed by atoms with van der Waals surface area (Å²) in [6, 6.07) is 10.8. The maximum Gasteiger partial charge on any atom is 0.253 e. The van der Waals surface area contributed by atoms with Crippen LogP contribution in [0, 0.1) is 17.2 Å². The first-order valence-corrected chi connectivity index (χ1v) is 10.3. The number of pyridine rings is 1. The standard InChI is InChI=1S/C23H25N3O3/c24-12-15-7-9-17(10-8-15)19-11-18(13-25-23(19)29-14-16-5-6-16)22(28)26-20-3-1-2-4-21(20)27/h7-11,13,16,20-21,27H,1-6,14H2,(H,26,28)/t20-,21-/m1/s1. The summed E-state index contributed by atoms with van der Waals surface area (Å²) >= 11 is 0. The number of carbonyl (C=O) groups excluding carboxylic acids is 1. The molecule has 0 unspecified atom stereocenters. The number of hydrogen-bond donors (Lipinski definition) is 2. The van der Waals surface area contributed by atoms with Crippen LogP contribution in [0.5, 0.6) is 5.88 Å². The Hall–Kier alpha value is -2.91. The molecule has 1 heterocycles. The Balaban J connectivity index is 1.59. The van der Waals surface area contributed by atoms with Gasteiger partial charge in [-0.1, -0.05) is 25.0 Å². The molecule has 0 saturated heterocycles. The first-order valence-electron chi connectivity index (χ1n) is 10.3. The summed E-state index contributed by atoms with van der Waals surface area (Å²) in [6.45, 7) is 0.621. The van der Waals surface area contributed by atoms with Crippen LogP contribution < -0.4 is 10.1 Å². The third-order valence-corrected chi connectivity index (χ3v) is 5.64. The average molecular weight is 391 g/mol. The topological polar surface area (TPSA) is 95.2 Å². The van der Waals surface area contributed by atoms with E-state index < -0.39 is 6.10 Å². The number of ether oxygens (including phenoxy) is 1. The zero-order valence-electron chi connectivity index (χ0n) is 16.3. The summed E-state index contributed by atoms with van der Waals surface area (Å²) in [4.78, 5) is 17.2. The molecule has 2 fully saturated rings. The molecule has 150 valence electrons. The van der Waals surface area contributed by atoms with E-state index in [9.17, 15) is 9.90 Å².